The predicted molar refractivity (Wildman–Crippen MR) is 70.5 cm³/mol. The van der Waals surface area contributed by atoms with Crippen molar-refractivity contribution >= 4 is 23.2 Å². The second-order valence-electron chi connectivity index (χ2n) is 4.16. The summed E-state index contributed by atoms with van der Waals surface area (Å²) in [6.45, 7) is 3.73. The van der Waals surface area contributed by atoms with Gasteiger partial charge in [0.05, 0.1) is 12.7 Å². The zero-order chi connectivity index (χ0) is 12.3. The molecule has 0 saturated carbocycles. The van der Waals surface area contributed by atoms with E-state index >= 15 is 0 Å². The summed E-state index contributed by atoms with van der Waals surface area (Å²) in [6.07, 6.45) is 0.116. The van der Waals surface area contributed by atoms with Crippen LogP contribution in [0.25, 0.3) is 0 Å². The quantitative estimate of drug-likeness (QED) is 0.918. The predicted octanol–water partition coefficient (Wildman–Crippen LogP) is 2.15. The van der Waals surface area contributed by atoms with Gasteiger partial charge in [-0.25, -0.2) is 0 Å². The summed E-state index contributed by atoms with van der Waals surface area (Å²) in [6, 6.07) is 5.59. The molecule has 1 atom stereocenters. The van der Waals surface area contributed by atoms with Crippen molar-refractivity contribution in [3.05, 3.63) is 33.8 Å². The van der Waals surface area contributed by atoms with E-state index in [1.54, 1.807) is 0 Å². The van der Waals surface area contributed by atoms with Gasteiger partial charge in [0.25, 0.3) is 0 Å². The molecule has 0 radical (unpaired) electrons. The summed E-state index contributed by atoms with van der Waals surface area (Å²) in [5, 5.41) is 1.43. The Bertz CT molecular complexity index is 367. The maximum Gasteiger partial charge on any atom is 0.0824 e. The smallest absolute Gasteiger partial charge is 0.0824 e. The Labute approximate surface area is 111 Å². The molecule has 1 aliphatic heterocycles. The summed E-state index contributed by atoms with van der Waals surface area (Å²) in [7, 11) is 0. The van der Waals surface area contributed by atoms with Gasteiger partial charge in [0, 0.05) is 41.8 Å². The molecule has 0 aromatic heterocycles. The molecule has 0 spiro atoms. The lowest BCUT2D eigenvalue weighted by Crippen LogP contribution is -2.45. The Morgan fingerprint density at radius 1 is 1.35 bits per heavy atom. The van der Waals surface area contributed by atoms with Crippen LogP contribution in [-0.4, -0.2) is 37.2 Å². The van der Waals surface area contributed by atoms with Crippen LogP contribution in [0, 0.1) is 0 Å². The zero-order valence-corrected chi connectivity index (χ0v) is 11.0. The molecule has 94 valence electrons. The highest BCUT2D eigenvalue weighted by Crippen LogP contribution is 2.26. The largest absolute Gasteiger partial charge is 0.374 e. The number of halogens is 2. The highest BCUT2D eigenvalue weighted by atomic mass is 35.5. The van der Waals surface area contributed by atoms with Gasteiger partial charge in [0.1, 0.15) is 0 Å². The third kappa shape index (κ3) is 3.33. The summed E-state index contributed by atoms with van der Waals surface area (Å²) < 4.78 is 5.52. The van der Waals surface area contributed by atoms with E-state index < -0.39 is 0 Å². The van der Waals surface area contributed by atoms with E-state index in [2.05, 4.69) is 4.90 Å². The minimum Gasteiger partial charge on any atom is -0.374 e. The summed E-state index contributed by atoms with van der Waals surface area (Å²) in [5.41, 5.74) is 6.59. The third-order valence-electron chi connectivity index (χ3n) is 2.93. The van der Waals surface area contributed by atoms with Crippen molar-refractivity contribution < 1.29 is 4.74 Å². The fourth-order valence-electron chi connectivity index (χ4n) is 1.97. The van der Waals surface area contributed by atoms with Crippen LogP contribution in [0.3, 0.4) is 0 Å². The average Bonchev–Trinajstić information content (AvgIpc) is 2.34. The standard InChI is InChI=1S/C12H16Cl2N2O/c13-11-2-1-3-12(14)10(11)8-16-4-5-17-9(6-15)7-16/h1-3,9H,4-8,15H2/t9-/m0/s1. The van der Waals surface area contributed by atoms with Gasteiger partial charge in [-0.2, -0.15) is 0 Å². The van der Waals surface area contributed by atoms with Crippen molar-refractivity contribution in [1.82, 2.24) is 4.90 Å². The highest BCUT2D eigenvalue weighted by molar-refractivity contribution is 6.35. The Morgan fingerprint density at radius 2 is 2.06 bits per heavy atom. The molecule has 1 fully saturated rings. The molecule has 2 rings (SSSR count). The van der Waals surface area contributed by atoms with Crippen molar-refractivity contribution in [2.45, 2.75) is 12.6 Å². The van der Waals surface area contributed by atoms with E-state index in [0.29, 0.717) is 23.2 Å². The molecular weight excluding hydrogens is 259 g/mol. The first kappa shape index (κ1) is 13.1. The average molecular weight is 275 g/mol. The van der Waals surface area contributed by atoms with Crippen molar-refractivity contribution in [3.63, 3.8) is 0 Å². The monoisotopic (exact) mass is 274 g/mol. The zero-order valence-electron chi connectivity index (χ0n) is 9.53. The molecule has 17 heavy (non-hydrogen) atoms. The van der Waals surface area contributed by atoms with Crippen LogP contribution in [-0.2, 0) is 11.3 Å². The first-order valence-electron chi connectivity index (χ1n) is 5.67. The molecular formula is C12H16Cl2N2O. The van der Waals surface area contributed by atoms with Crippen LogP contribution in [0.5, 0.6) is 0 Å². The van der Waals surface area contributed by atoms with E-state index in [1.165, 1.54) is 0 Å². The number of hydrogen-bond donors (Lipinski definition) is 1. The molecule has 0 aliphatic carbocycles. The van der Waals surface area contributed by atoms with Crippen LogP contribution in [0.2, 0.25) is 10.0 Å². The van der Waals surface area contributed by atoms with Crippen molar-refractivity contribution in [3.8, 4) is 0 Å². The molecule has 5 heteroatoms. The van der Waals surface area contributed by atoms with Crippen LogP contribution in [0.15, 0.2) is 18.2 Å². The molecule has 0 amide bonds. The molecule has 3 nitrogen and oxygen atoms in total. The van der Waals surface area contributed by atoms with E-state index in [1.807, 2.05) is 18.2 Å². The number of hydrogen-bond acceptors (Lipinski definition) is 3. The van der Waals surface area contributed by atoms with Gasteiger partial charge >= 0.3 is 0 Å². The van der Waals surface area contributed by atoms with Gasteiger partial charge in [-0.05, 0) is 12.1 Å². The highest BCUT2D eigenvalue weighted by Gasteiger charge is 2.20. The maximum absolute atomic E-state index is 6.15. The molecule has 1 aromatic rings. The molecule has 0 unspecified atom stereocenters. The van der Waals surface area contributed by atoms with E-state index in [9.17, 15) is 0 Å². The Hall–Kier alpha value is -0.320. The SMILES string of the molecule is NC[C@H]1CN(Cc2c(Cl)cccc2Cl)CCO1. The molecule has 1 aliphatic rings. The third-order valence-corrected chi connectivity index (χ3v) is 3.64. The number of nitrogens with two attached hydrogens (primary N) is 1. The topological polar surface area (TPSA) is 38.5 Å². The van der Waals surface area contributed by atoms with Gasteiger partial charge in [-0.15, -0.1) is 0 Å². The van der Waals surface area contributed by atoms with Crippen LogP contribution >= 0.6 is 23.2 Å². The first-order chi connectivity index (χ1) is 8.20. The Morgan fingerprint density at radius 3 is 2.71 bits per heavy atom. The fraction of sp³-hybridized carbons (Fsp3) is 0.500. The van der Waals surface area contributed by atoms with Crippen LogP contribution in [0.4, 0.5) is 0 Å². The van der Waals surface area contributed by atoms with Crippen LogP contribution < -0.4 is 5.73 Å². The number of rotatable bonds is 3. The lowest BCUT2D eigenvalue weighted by molar-refractivity contribution is -0.0260. The van der Waals surface area contributed by atoms with Crippen LogP contribution in [0.1, 0.15) is 5.56 Å². The van der Waals surface area contributed by atoms with Gasteiger partial charge in [-0.1, -0.05) is 29.3 Å². The molecule has 1 saturated heterocycles. The molecule has 1 heterocycles. The van der Waals surface area contributed by atoms with Crippen molar-refractivity contribution in [1.29, 1.82) is 0 Å². The number of benzene rings is 1. The lowest BCUT2D eigenvalue weighted by Gasteiger charge is -2.32. The minimum atomic E-state index is 0.116. The normalized spacial score (nSPS) is 21.7. The molecule has 1 aromatic carbocycles. The lowest BCUT2D eigenvalue weighted by atomic mass is 10.2. The summed E-state index contributed by atoms with van der Waals surface area (Å²) in [5.74, 6) is 0. The fourth-order valence-corrected chi connectivity index (χ4v) is 2.49. The Kier molecular flexibility index (Phi) is 4.65. The van der Waals surface area contributed by atoms with Crippen molar-refractivity contribution in [2.75, 3.05) is 26.2 Å². The summed E-state index contributed by atoms with van der Waals surface area (Å²) in [4.78, 5) is 2.27. The molecule has 2 N–H and O–H groups in total. The first-order valence-corrected chi connectivity index (χ1v) is 6.43. The second kappa shape index (κ2) is 6.03. The number of ether oxygens (including phenoxy) is 1. The maximum atomic E-state index is 6.15. The number of nitrogens with zero attached hydrogens (tertiary/aromatic N) is 1. The Balaban J connectivity index is 2.05. The van der Waals surface area contributed by atoms with E-state index in [0.717, 1.165) is 25.2 Å². The second-order valence-corrected chi connectivity index (χ2v) is 4.98. The van der Waals surface area contributed by atoms with Crippen molar-refractivity contribution in [2.24, 2.45) is 5.73 Å². The van der Waals surface area contributed by atoms with Gasteiger partial charge in [0.15, 0.2) is 0 Å². The minimum absolute atomic E-state index is 0.116. The van der Waals surface area contributed by atoms with Gasteiger partial charge in [-0.3, -0.25) is 4.90 Å². The molecule has 0 bridgehead atoms. The van der Waals surface area contributed by atoms with Gasteiger partial charge < -0.3 is 10.5 Å². The van der Waals surface area contributed by atoms with Gasteiger partial charge in [0.2, 0.25) is 0 Å². The van der Waals surface area contributed by atoms with E-state index in [-0.39, 0.29) is 6.10 Å². The number of morpholine rings is 1. The van der Waals surface area contributed by atoms with E-state index in [4.69, 9.17) is 33.7 Å². The summed E-state index contributed by atoms with van der Waals surface area (Å²) >= 11 is 12.3.